The Bertz CT molecular complexity index is 232. The van der Waals surface area contributed by atoms with Gasteiger partial charge in [0, 0.05) is 39.4 Å². The maximum Gasteiger partial charge on any atom is 0.0971 e. The van der Waals surface area contributed by atoms with Crippen LogP contribution >= 0.6 is 0 Å². The normalized spacial score (nSPS) is 35.8. The highest BCUT2D eigenvalue weighted by molar-refractivity contribution is 4.89. The highest BCUT2D eigenvalue weighted by Gasteiger charge is 2.35. The summed E-state index contributed by atoms with van der Waals surface area (Å²) in [5, 5.41) is 3.63. The van der Waals surface area contributed by atoms with Crippen molar-refractivity contribution in [1.82, 2.24) is 10.2 Å². The number of ether oxygens (including phenoxy) is 2. The molecule has 2 aliphatic heterocycles. The molecule has 0 aromatic carbocycles. The lowest BCUT2D eigenvalue weighted by atomic mass is 9.98. The highest BCUT2D eigenvalue weighted by atomic mass is 16.5. The minimum atomic E-state index is 0.233. The molecule has 2 rings (SSSR count). The van der Waals surface area contributed by atoms with E-state index in [2.05, 4.69) is 17.1 Å². The van der Waals surface area contributed by atoms with Crippen molar-refractivity contribution < 1.29 is 9.47 Å². The van der Waals surface area contributed by atoms with E-state index in [1.807, 2.05) is 0 Å². The molecule has 0 aromatic rings. The molecule has 4 heteroatoms. The van der Waals surface area contributed by atoms with Crippen molar-refractivity contribution in [2.75, 3.05) is 33.9 Å². The first-order chi connectivity index (χ1) is 8.74. The van der Waals surface area contributed by atoms with Gasteiger partial charge in [0.2, 0.25) is 0 Å². The average Bonchev–Trinajstić information content (AvgIpc) is 2.83. The van der Waals surface area contributed by atoms with Gasteiger partial charge in [0.25, 0.3) is 0 Å². The smallest absolute Gasteiger partial charge is 0.0971 e. The molecule has 0 aromatic heterocycles. The van der Waals surface area contributed by atoms with Crippen molar-refractivity contribution in [2.24, 2.45) is 0 Å². The summed E-state index contributed by atoms with van der Waals surface area (Å²) in [7, 11) is 3.57. The van der Waals surface area contributed by atoms with Gasteiger partial charge in [-0.3, -0.25) is 4.90 Å². The predicted molar refractivity (Wildman–Crippen MR) is 72.9 cm³/mol. The van der Waals surface area contributed by atoms with E-state index in [9.17, 15) is 0 Å². The van der Waals surface area contributed by atoms with Crippen molar-refractivity contribution >= 4 is 0 Å². The van der Waals surface area contributed by atoms with Crippen LogP contribution in [0.4, 0.5) is 0 Å². The predicted octanol–water partition coefficient (Wildman–Crippen LogP) is 1.25. The molecule has 2 fully saturated rings. The summed E-state index contributed by atoms with van der Waals surface area (Å²) in [6.45, 7) is 5.53. The van der Waals surface area contributed by atoms with E-state index < -0.39 is 0 Å². The summed E-state index contributed by atoms with van der Waals surface area (Å²) < 4.78 is 11.0. The number of nitrogens with one attached hydrogen (secondary N) is 1. The third kappa shape index (κ3) is 3.44. The molecule has 2 saturated heterocycles. The summed E-state index contributed by atoms with van der Waals surface area (Å²) in [6.07, 6.45) is 5.76. The number of hydrogen-bond acceptors (Lipinski definition) is 4. The fraction of sp³-hybridized carbons (Fsp3) is 1.00. The lowest BCUT2D eigenvalue weighted by Crippen LogP contribution is -2.41. The zero-order valence-electron chi connectivity index (χ0n) is 12.0. The Hall–Kier alpha value is -0.160. The molecular weight excluding hydrogens is 228 g/mol. The second-order valence-electron chi connectivity index (χ2n) is 5.73. The van der Waals surface area contributed by atoms with Crippen molar-refractivity contribution in [3.05, 3.63) is 0 Å². The zero-order chi connectivity index (χ0) is 13.0. The number of piperidine rings is 1. The molecule has 18 heavy (non-hydrogen) atoms. The Balaban J connectivity index is 1.80. The minimum absolute atomic E-state index is 0.233. The van der Waals surface area contributed by atoms with E-state index >= 15 is 0 Å². The summed E-state index contributed by atoms with van der Waals surface area (Å²) in [4.78, 5) is 2.51. The SMILES string of the molecule is COC1CN(C(C)CC2CCCCN2)CC1OC. The first kappa shape index (κ1) is 14.3. The Labute approximate surface area is 111 Å². The lowest BCUT2D eigenvalue weighted by molar-refractivity contribution is -0.00461. The van der Waals surface area contributed by atoms with Crippen LogP contribution in [0.1, 0.15) is 32.6 Å². The molecule has 2 aliphatic rings. The first-order valence-electron chi connectivity index (χ1n) is 7.27. The van der Waals surface area contributed by atoms with Gasteiger partial charge in [0.1, 0.15) is 0 Å². The average molecular weight is 256 g/mol. The van der Waals surface area contributed by atoms with Gasteiger partial charge in [0.05, 0.1) is 12.2 Å². The highest BCUT2D eigenvalue weighted by Crippen LogP contribution is 2.22. The molecular formula is C14H28N2O2. The van der Waals surface area contributed by atoms with Gasteiger partial charge >= 0.3 is 0 Å². The van der Waals surface area contributed by atoms with Gasteiger partial charge in [-0.1, -0.05) is 6.42 Å². The van der Waals surface area contributed by atoms with Gasteiger partial charge in [-0.25, -0.2) is 0 Å². The summed E-state index contributed by atoms with van der Waals surface area (Å²) in [5.41, 5.74) is 0. The quantitative estimate of drug-likeness (QED) is 0.803. The first-order valence-corrected chi connectivity index (χ1v) is 7.27. The molecule has 0 bridgehead atoms. The lowest BCUT2D eigenvalue weighted by Gasteiger charge is -2.30. The van der Waals surface area contributed by atoms with Gasteiger partial charge in [0.15, 0.2) is 0 Å². The van der Waals surface area contributed by atoms with Crippen LogP contribution in [0.15, 0.2) is 0 Å². The van der Waals surface area contributed by atoms with E-state index in [1.165, 1.54) is 32.2 Å². The monoisotopic (exact) mass is 256 g/mol. The van der Waals surface area contributed by atoms with Crippen LogP contribution < -0.4 is 5.32 Å². The fourth-order valence-corrected chi connectivity index (χ4v) is 3.27. The van der Waals surface area contributed by atoms with E-state index in [-0.39, 0.29) is 12.2 Å². The second-order valence-corrected chi connectivity index (χ2v) is 5.73. The Morgan fingerprint density at radius 2 is 1.83 bits per heavy atom. The van der Waals surface area contributed by atoms with E-state index in [1.54, 1.807) is 14.2 Å². The third-order valence-electron chi connectivity index (χ3n) is 4.51. The summed E-state index contributed by atoms with van der Waals surface area (Å²) in [6, 6.07) is 1.31. The molecule has 4 atom stereocenters. The Kier molecular flexibility index (Phi) is 5.42. The third-order valence-corrected chi connectivity index (χ3v) is 4.51. The van der Waals surface area contributed by atoms with Crippen molar-refractivity contribution in [1.29, 1.82) is 0 Å². The molecule has 0 aliphatic carbocycles. The summed E-state index contributed by atoms with van der Waals surface area (Å²) >= 11 is 0. The van der Waals surface area contributed by atoms with Crippen molar-refractivity contribution in [2.45, 2.75) is 56.9 Å². The Morgan fingerprint density at radius 3 is 2.33 bits per heavy atom. The number of likely N-dealkylation sites (tertiary alicyclic amines) is 1. The molecule has 0 spiro atoms. The van der Waals surface area contributed by atoms with Gasteiger partial charge in [-0.2, -0.15) is 0 Å². The second kappa shape index (κ2) is 6.85. The number of methoxy groups -OCH3 is 2. The van der Waals surface area contributed by atoms with Crippen molar-refractivity contribution in [3.8, 4) is 0 Å². The van der Waals surface area contributed by atoms with Crippen LogP contribution in [-0.4, -0.2) is 63.0 Å². The van der Waals surface area contributed by atoms with Crippen LogP contribution in [-0.2, 0) is 9.47 Å². The molecule has 4 unspecified atom stereocenters. The van der Waals surface area contributed by atoms with Crippen LogP contribution in [0.5, 0.6) is 0 Å². The van der Waals surface area contributed by atoms with Crippen molar-refractivity contribution in [3.63, 3.8) is 0 Å². The van der Waals surface area contributed by atoms with E-state index in [0.29, 0.717) is 12.1 Å². The topological polar surface area (TPSA) is 33.7 Å². The molecule has 2 heterocycles. The molecule has 1 N–H and O–H groups in total. The molecule has 0 amide bonds. The summed E-state index contributed by atoms with van der Waals surface area (Å²) in [5.74, 6) is 0. The number of hydrogen-bond donors (Lipinski definition) is 1. The maximum absolute atomic E-state index is 5.50. The van der Waals surface area contributed by atoms with Gasteiger partial charge in [-0.15, -0.1) is 0 Å². The standard InChI is InChI=1S/C14H28N2O2/c1-11(8-12-6-4-5-7-15-12)16-9-13(17-2)14(10-16)18-3/h11-15H,4-10H2,1-3H3. The largest absolute Gasteiger partial charge is 0.377 e. The molecule has 4 nitrogen and oxygen atoms in total. The van der Waals surface area contributed by atoms with E-state index in [4.69, 9.17) is 9.47 Å². The molecule has 106 valence electrons. The minimum Gasteiger partial charge on any atom is -0.377 e. The molecule has 0 radical (unpaired) electrons. The Morgan fingerprint density at radius 1 is 1.17 bits per heavy atom. The van der Waals surface area contributed by atoms with Crippen LogP contribution in [0.2, 0.25) is 0 Å². The van der Waals surface area contributed by atoms with Gasteiger partial charge < -0.3 is 14.8 Å². The van der Waals surface area contributed by atoms with Gasteiger partial charge in [-0.05, 0) is 32.7 Å². The maximum atomic E-state index is 5.50. The van der Waals surface area contributed by atoms with E-state index in [0.717, 1.165) is 13.1 Å². The van der Waals surface area contributed by atoms with Crippen LogP contribution in [0.3, 0.4) is 0 Å². The van der Waals surface area contributed by atoms with Crippen LogP contribution in [0.25, 0.3) is 0 Å². The number of rotatable bonds is 5. The molecule has 0 saturated carbocycles. The number of nitrogens with zero attached hydrogens (tertiary/aromatic N) is 1. The van der Waals surface area contributed by atoms with Crippen LogP contribution in [0, 0.1) is 0 Å². The zero-order valence-corrected chi connectivity index (χ0v) is 12.0. The fourth-order valence-electron chi connectivity index (χ4n) is 3.27.